The van der Waals surface area contributed by atoms with Crippen LogP contribution in [0.15, 0.2) is 12.1 Å². The topological polar surface area (TPSA) is 55.5 Å². The summed E-state index contributed by atoms with van der Waals surface area (Å²) >= 11 is 0. The van der Waals surface area contributed by atoms with Crippen molar-refractivity contribution in [2.75, 3.05) is 6.61 Å². The van der Waals surface area contributed by atoms with E-state index in [0.29, 0.717) is 12.2 Å². The summed E-state index contributed by atoms with van der Waals surface area (Å²) in [5.74, 6) is -0.939. The van der Waals surface area contributed by atoms with Gasteiger partial charge in [0.05, 0.1) is 6.04 Å². The number of phenols is 1. The van der Waals surface area contributed by atoms with Crippen LogP contribution in [0, 0.1) is 5.82 Å². The predicted molar refractivity (Wildman–Crippen MR) is 40.5 cm³/mol. The molecule has 64 valence electrons. The maximum atomic E-state index is 12.7. The zero-order valence-corrected chi connectivity index (χ0v) is 6.25. The number of rotatable bonds is 0. The maximum absolute atomic E-state index is 12.7. The van der Waals surface area contributed by atoms with Crippen LogP contribution in [-0.4, -0.2) is 11.7 Å². The Balaban J connectivity index is 2.60. The third kappa shape index (κ3) is 0.848. The average molecular weight is 169 g/mol. The smallest absolute Gasteiger partial charge is 0.194 e. The molecule has 1 aromatic carbocycles. The molecule has 3 nitrogen and oxygen atoms in total. The fraction of sp³-hybridized carbons (Fsp3) is 0.250. The van der Waals surface area contributed by atoms with Crippen LogP contribution in [0.1, 0.15) is 11.6 Å². The van der Waals surface area contributed by atoms with Crippen molar-refractivity contribution in [2.45, 2.75) is 6.04 Å². The van der Waals surface area contributed by atoms with E-state index in [1.165, 1.54) is 12.1 Å². The molecule has 1 heterocycles. The van der Waals surface area contributed by atoms with Gasteiger partial charge in [0.2, 0.25) is 0 Å². The predicted octanol–water partition coefficient (Wildman–Crippen LogP) is 0.923. The van der Waals surface area contributed by atoms with E-state index < -0.39 is 11.6 Å². The molecule has 0 radical (unpaired) electrons. The van der Waals surface area contributed by atoms with Gasteiger partial charge in [-0.1, -0.05) is 6.07 Å². The van der Waals surface area contributed by atoms with Gasteiger partial charge in [0, 0.05) is 5.56 Å². The van der Waals surface area contributed by atoms with Gasteiger partial charge in [-0.05, 0) is 6.07 Å². The maximum Gasteiger partial charge on any atom is 0.194 e. The molecule has 0 aromatic heterocycles. The Hall–Kier alpha value is -1.29. The summed E-state index contributed by atoms with van der Waals surface area (Å²) in [6.07, 6.45) is 0. The molecule has 12 heavy (non-hydrogen) atoms. The van der Waals surface area contributed by atoms with E-state index in [0.717, 1.165) is 0 Å². The van der Waals surface area contributed by atoms with E-state index in [9.17, 15) is 9.50 Å². The highest BCUT2D eigenvalue weighted by molar-refractivity contribution is 5.50. The third-order valence-corrected chi connectivity index (χ3v) is 1.92. The molecule has 0 aliphatic carbocycles. The van der Waals surface area contributed by atoms with Crippen LogP contribution < -0.4 is 10.5 Å². The van der Waals surface area contributed by atoms with E-state index in [4.69, 9.17) is 10.5 Å². The molecule has 1 aromatic rings. The standard InChI is InChI=1S/C8H8FNO2/c9-5-2-1-4-6(10)3-12-8(4)7(5)11/h1-2,6,11H,3,10H2/t6-/m1/s1. The van der Waals surface area contributed by atoms with Crippen LogP contribution in [0.25, 0.3) is 0 Å². The third-order valence-electron chi connectivity index (χ3n) is 1.92. The van der Waals surface area contributed by atoms with Crippen molar-refractivity contribution in [1.82, 2.24) is 0 Å². The Bertz CT molecular complexity index is 327. The largest absolute Gasteiger partial charge is 0.502 e. The number of aromatic hydroxyl groups is 1. The SMILES string of the molecule is N[C@@H]1COc2c1ccc(F)c2O. The Morgan fingerprint density at radius 1 is 1.58 bits per heavy atom. The molecule has 0 saturated carbocycles. The minimum atomic E-state index is -0.678. The van der Waals surface area contributed by atoms with E-state index in [2.05, 4.69) is 0 Å². The Morgan fingerprint density at radius 2 is 2.33 bits per heavy atom. The van der Waals surface area contributed by atoms with Gasteiger partial charge in [0.25, 0.3) is 0 Å². The average Bonchev–Trinajstić information content (AvgIpc) is 2.41. The zero-order valence-electron chi connectivity index (χ0n) is 6.25. The molecule has 4 heteroatoms. The van der Waals surface area contributed by atoms with Crippen molar-refractivity contribution in [3.05, 3.63) is 23.5 Å². The fourth-order valence-electron chi connectivity index (χ4n) is 1.27. The molecular weight excluding hydrogens is 161 g/mol. The molecule has 1 atom stereocenters. The van der Waals surface area contributed by atoms with Gasteiger partial charge >= 0.3 is 0 Å². The van der Waals surface area contributed by atoms with Crippen molar-refractivity contribution >= 4 is 0 Å². The second-order valence-electron chi connectivity index (χ2n) is 2.73. The first-order valence-corrected chi connectivity index (χ1v) is 3.60. The van der Waals surface area contributed by atoms with Gasteiger partial charge in [-0.3, -0.25) is 0 Å². The monoisotopic (exact) mass is 169 g/mol. The normalized spacial score (nSPS) is 20.3. The van der Waals surface area contributed by atoms with Crippen LogP contribution in [0.2, 0.25) is 0 Å². The number of benzene rings is 1. The van der Waals surface area contributed by atoms with E-state index in [-0.39, 0.29) is 11.8 Å². The van der Waals surface area contributed by atoms with Crippen molar-refractivity contribution in [1.29, 1.82) is 0 Å². The van der Waals surface area contributed by atoms with Gasteiger partial charge < -0.3 is 15.6 Å². The summed E-state index contributed by atoms with van der Waals surface area (Å²) in [7, 11) is 0. The second-order valence-corrected chi connectivity index (χ2v) is 2.73. The minimum Gasteiger partial charge on any atom is -0.502 e. The Labute approximate surface area is 68.6 Å². The summed E-state index contributed by atoms with van der Waals surface area (Å²) in [4.78, 5) is 0. The fourth-order valence-corrected chi connectivity index (χ4v) is 1.27. The van der Waals surface area contributed by atoms with E-state index in [1.54, 1.807) is 0 Å². The number of phenolic OH excluding ortho intramolecular Hbond substituents is 1. The van der Waals surface area contributed by atoms with Crippen molar-refractivity contribution in [3.8, 4) is 11.5 Å². The van der Waals surface area contributed by atoms with Crippen molar-refractivity contribution in [3.63, 3.8) is 0 Å². The summed E-state index contributed by atoms with van der Waals surface area (Å²) < 4.78 is 17.7. The van der Waals surface area contributed by atoms with Gasteiger partial charge in [-0.25, -0.2) is 4.39 Å². The van der Waals surface area contributed by atoms with Gasteiger partial charge in [-0.2, -0.15) is 0 Å². The number of hydrogen-bond donors (Lipinski definition) is 2. The summed E-state index contributed by atoms with van der Waals surface area (Å²) in [5, 5.41) is 9.18. The summed E-state index contributed by atoms with van der Waals surface area (Å²) in [5.41, 5.74) is 6.27. The molecule has 1 aliphatic rings. The van der Waals surface area contributed by atoms with E-state index >= 15 is 0 Å². The Morgan fingerprint density at radius 3 is 3.08 bits per heavy atom. The molecule has 3 N–H and O–H groups in total. The number of ether oxygens (including phenoxy) is 1. The Kier molecular flexibility index (Phi) is 1.44. The lowest BCUT2D eigenvalue weighted by molar-refractivity contribution is 0.311. The lowest BCUT2D eigenvalue weighted by Gasteiger charge is -2.02. The summed E-state index contributed by atoms with van der Waals surface area (Å²) in [6, 6.07) is 2.46. The number of halogens is 1. The van der Waals surface area contributed by atoms with Gasteiger partial charge in [-0.15, -0.1) is 0 Å². The molecule has 2 rings (SSSR count). The van der Waals surface area contributed by atoms with Crippen molar-refractivity contribution < 1.29 is 14.2 Å². The first-order chi connectivity index (χ1) is 5.70. The van der Waals surface area contributed by atoms with Crippen LogP contribution in [0.4, 0.5) is 4.39 Å². The molecular formula is C8H8FNO2. The quantitative estimate of drug-likeness (QED) is 0.607. The molecule has 0 unspecified atom stereocenters. The number of fused-ring (bicyclic) bond motifs is 1. The molecule has 1 aliphatic heterocycles. The minimum absolute atomic E-state index is 0.183. The lowest BCUT2D eigenvalue weighted by atomic mass is 10.1. The van der Waals surface area contributed by atoms with Crippen LogP contribution in [0.5, 0.6) is 11.5 Å². The first-order valence-electron chi connectivity index (χ1n) is 3.60. The zero-order chi connectivity index (χ0) is 8.72. The first kappa shape index (κ1) is 7.36. The lowest BCUT2D eigenvalue weighted by Crippen LogP contribution is -2.10. The van der Waals surface area contributed by atoms with E-state index in [1.807, 2.05) is 0 Å². The van der Waals surface area contributed by atoms with Gasteiger partial charge in [0.15, 0.2) is 17.3 Å². The molecule has 0 spiro atoms. The second kappa shape index (κ2) is 2.35. The highest BCUT2D eigenvalue weighted by Crippen LogP contribution is 2.39. The molecule has 0 saturated heterocycles. The van der Waals surface area contributed by atoms with Crippen LogP contribution in [0.3, 0.4) is 0 Å². The van der Waals surface area contributed by atoms with Crippen LogP contribution >= 0.6 is 0 Å². The summed E-state index contributed by atoms with van der Waals surface area (Å²) in [6.45, 7) is 0.298. The molecule has 0 amide bonds. The highest BCUT2D eigenvalue weighted by atomic mass is 19.1. The molecule has 0 fully saturated rings. The number of nitrogens with two attached hydrogens (primary N) is 1. The number of hydrogen-bond acceptors (Lipinski definition) is 3. The highest BCUT2D eigenvalue weighted by Gasteiger charge is 2.25. The van der Waals surface area contributed by atoms with Gasteiger partial charge in [0.1, 0.15) is 6.61 Å². The van der Waals surface area contributed by atoms with Crippen molar-refractivity contribution in [2.24, 2.45) is 5.73 Å². The molecule has 0 bridgehead atoms. The van der Waals surface area contributed by atoms with Crippen LogP contribution in [-0.2, 0) is 0 Å².